The van der Waals surface area contributed by atoms with E-state index in [9.17, 15) is 24.0 Å². The third-order valence-corrected chi connectivity index (χ3v) is 10.7. The highest BCUT2D eigenvalue weighted by Crippen LogP contribution is 2.38. The molecule has 1 aliphatic heterocycles. The van der Waals surface area contributed by atoms with Crippen molar-refractivity contribution in [2.45, 2.75) is 111 Å². The predicted molar refractivity (Wildman–Crippen MR) is 214 cm³/mol. The summed E-state index contributed by atoms with van der Waals surface area (Å²) in [5.74, 6) is -1.15. The molecule has 2 N–H and O–H groups in total. The zero-order valence-electron chi connectivity index (χ0n) is 33.1. The highest BCUT2D eigenvalue weighted by Gasteiger charge is 2.42. The van der Waals surface area contributed by atoms with E-state index < -0.39 is 28.8 Å². The summed E-state index contributed by atoms with van der Waals surface area (Å²) in [5, 5.41) is 5.49. The van der Waals surface area contributed by atoms with E-state index in [-0.39, 0.29) is 59.0 Å². The second-order valence-corrected chi connectivity index (χ2v) is 16.7. The molecule has 5 amide bonds. The Morgan fingerprint density at radius 3 is 2.15 bits per heavy atom. The Kier molecular flexibility index (Phi) is 13.4. The van der Waals surface area contributed by atoms with E-state index in [1.54, 1.807) is 20.8 Å². The van der Waals surface area contributed by atoms with Crippen molar-refractivity contribution in [1.82, 2.24) is 9.80 Å². The van der Waals surface area contributed by atoms with Gasteiger partial charge in [-0.2, -0.15) is 0 Å². The summed E-state index contributed by atoms with van der Waals surface area (Å²) >= 11 is 6.41. The molecule has 0 bridgehead atoms. The first kappa shape index (κ1) is 42.0. The van der Waals surface area contributed by atoms with Crippen molar-refractivity contribution in [3.63, 3.8) is 0 Å². The Morgan fingerprint density at radius 2 is 1.52 bits per heavy atom. The number of Topliss-reactive ketones (excluding diaryl/α,β-unsaturated/α-hetero) is 1. The molecular formula is C43H55ClN4O6. The Morgan fingerprint density at radius 1 is 0.852 bits per heavy atom. The summed E-state index contributed by atoms with van der Waals surface area (Å²) in [7, 11) is 0. The summed E-state index contributed by atoms with van der Waals surface area (Å²) in [5.41, 5.74) is 1.48. The minimum absolute atomic E-state index is 0.0325. The van der Waals surface area contributed by atoms with Crippen molar-refractivity contribution in [3.8, 4) is 5.75 Å². The molecule has 11 heteroatoms. The van der Waals surface area contributed by atoms with Gasteiger partial charge in [0.2, 0.25) is 5.91 Å². The summed E-state index contributed by atoms with van der Waals surface area (Å²) in [6, 6.07) is 19.4. The third kappa shape index (κ3) is 10.1. The number of carbonyl (C=O) groups excluding carboxylic acids is 5. The van der Waals surface area contributed by atoms with Crippen LogP contribution in [-0.2, 0) is 31.8 Å². The molecule has 4 rings (SSSR count). The molecule has 10 nitrogen and oxygen atoms in total. The maximum absolute atomic E-state index is 13.4. The van der Waals surface area contributed by atoms with Gasteiger partial charge in [-0.1, -0.05) is 116 Å². The van der Waals surface area contributed by atoms with Crippen LogP contribution in [0.15, 0.2) is 66.7 Å². The fourth-order valence-electron chi connectivity index (χ4n) is 5.99. The number of anilines is 2. The van der Waals surface area contributed by atoms with Gasteiger partial charge in [-0.05, 0) is 65.5 Å². The molecule has 290 valence electrons. The van der Waals surface area contributed by atoms with Gasteiger partial charge in [0.25, 0.3) is 11.8 Å². The minimum Gasteiger partial charge on any atom is -0.493 e. The Bertz CT molecular complexity index is 1870. The van der Waals surface area contributed by atoms with Crippen molar-refractivity contribution in [2.75, 3.05) is 23.8 Å². The quantitative estimate of drug-likeness (QED) is 0.0494. The van der Waals surface area contributed by atoms with Gasteiger partial charge in [-0.15, -0.1) is 0 Å². The van der Waals surface area contributed by atoms with Gasteiger partial charge >= 0.3 is 6.03 Å². The molecule has 3 aromatic rings. The lowest BCUT2D eigenvalue weighted by Crippen LogP contribution is -2.44. The molecule has 1 aliphatic rings. The Hall–Kier alpha value is -4.70. The Balaban J connectivity index is 1.44. The first-order chi connectivity index (χ1) is 25.3. The van der Waals surface area contributed by atoms with Gasteiger partial charge in [0.1, 0.15) is 12.3 Å². The van der Waals surface area contributed by atoms with E-state index in [4.69, 9.17) is 16.3 Å². The molecule has 0 aromatic heterocycles. The number of hydrogen-bond acceptors (Lipinski definition) is 6. The average molecular weight is 759 g/mol. The molecule has 0 radical (unpaired) electrons. The molecule has 1 fully saturated rings. The number of nitrogens with zero attached hydrogens (tertiary/aromatic N) is 2. The van der Waals surface area contributed by atoms with Crippen molar-refractivity contribution in [2.24, 2.45) is 5.41 Å². The lowest BCUT2D eigenvalue weighted by atomic mass is 9.76. The molecule has 1 unspecified atom stereocenters. The number of benzene rings is 3. The number of rotatable bonds is 16. The summed E-state index contributed by atoms with van der Waals surface area (Å²) in [6.07, 6.45) is 2.49. The zero-order valence-corrected chi connectivity index (χ0v) is 33.9. The largest absolute Gasteiger partial charge is 0.493 e. The first-order valence-corrected chi connectivity index (χ1v) is 19.1. The van der Waals surface area contributed by atoms with E-state index in [0.29, 0.717) is 13.0 Å². The number of halogens is 1. The molecule has 1 atom stereocenters. The summed E-state index contributed by atoms with van der Waals surface area (Å²) in [4.78, 5) is 67.9. The third-order valence-electron chi connectivity index (χ3n) is 10.3. The highest BCUT2D eigenvalue weighted by molar-refractivity contribution is 6.35. The zero-order chi connectivity index (χ0) is 40.0. The Labute approximate surface area is 325 Å². The molecule has 1 heterocycles. The van der Waals surface area contributed by atoms with Crippen LogP contribution in [0.3, 0.4) is 0 Å². The fourth-order valence-corrected chi connectivity index (χ4v) is 6.24. The molecule has 0 saturated carbocycles. The highest BCUT2D eigenvalue weighted by atomic mass is 35.5. The number of imide groups is 1. The van der Waals surface area contributed by atoms with Gasteiger partial charge in [0.15, 0.2) is 11.3 Å². The first-order valence-electron chi connectivity index (χ1n) is 18.7. The molecule has 0 aliphatic carbocycles. The van der Waals surface area contributed by atoms with Crippen molar-refractivity contribution in [1.29, 1.82) is 0 Å². The molecular weight excluding hydrogens is 704 g/mol. The maximum Gasteiger partial charge on any atom is 0.329 e. The molecule has 1 saturated heterocycles. The van der Waals surface area contributed by atoms with Crippen LogP contribution in [0.25, 0.3) is 0 Å². The van der Waals surface area contributed by atoms with Gasteiger partial charge in [0, 0.05) is 35.2 Å². The van der Waals surface area contributed by atoms with Crippen molar-refractivity contribution in [3.05, 3.63) is 89.0 Å². The molecule has 3 aromatic carbocycles. The smallest absolute Gasteiger partial charge is 0.329 e. The van der Waals surface area contributed by atoms with E-state index in [1.165, 1.54) is 28.7 Å². The standard InChI is InChI=1S/C43H55ClN4O6/c1-10-42(6,7)29-19-22-34(32(24-29)43(8,9)11-2)54-23-15-18-35(49)46-33-25-30(20-21-31(33)37(51)41(3,4)5)45-39(52)38(44)48-36(50)27-47(40(48)53)26-28-16-13-12-14-17-28/h12-14,16-17,19-22,24-25,38H,10-11,15,18,23,26-27H2,1-9H3,(H,45,52)(H,46,49). The van der Waals surface area contributed by atoms with Gasteiger partial charge in [-0.25, -0.2) is 9.69 Å². The van der Waals surface area contributed by atoms with Gasteiger partial charge in [-0.3, -0.25) is 19.2 Å². The summed E-state index contributed by atoms with van der Waals surface area (Å²) in [6.45, 7) is 18.9. The van der Waals surface area contributed by atoms with E-state index in [1.807, 2.05) is 36.4 Å². The topological polar surface area (TPSA) is 125 Å². The number of nitrogens with one attached hydrogen (secondary N) is 2. The van der Waals surface area contributed by atoms with Gasteiger partial charge in [0.05, 0.1) is 12.3 Å². The van der Waals surface area contributed by atoms with Crippen LogP contribution < -0.4 is 15.4 Å². The number of urea groups is 1. The number of alkyl halides is 1. The van der Waals surface area contributed by atoms with Crippen molar-refractivity contribution >= 4 is 52.5 Å². The number of ether oxygens (including phenoxy) is 1. The van der Waals surface area contributed by atoms with E-state index in [0.717, 1.165) is 34.6 Å². The van der Waals surface area contributed by atoms with E-state index >= 15 is 0 Å². The van der Waals surface area contributed by atoms with Crippen LogP contribution in [0.1, 0.15) is 115 Å². The number of amides is 5. The average Bonchev–Trinajstić information content (AvgIpc) is 3.40. The normalized spacial score (nSPS) is 14.3. The van der Waals surface area contributed by atoms with Crippen LogP contribution in [0, 0.1) is 5.41 Å². The lowest BCUT2D eigenvalue weighted by molar-refractivity contribution is -0.130. The number of hydrogen-bond donors (Lipinski definition) is 2. The van der Waals surface area contributed by atoms with Crippen molar-refractivity contribution < 1.29 is 28.7 Å². The maximum atomic E-state index is 13.4. The van der Waals surface area contributed by atoms with Crippen LogP contribution >= 0.6 is 11.6 Å². The summed E-state index contributed by atoms with van der Waals surface area (Å²) < 4.78 is 6.26. The number of carbonyl (C=O) groups is 5. The SMILES string of the molecule is CCC(C)(C)c1ccc(OCCCC(=O)Nc2cc(NC(=O)C(Cl)N3C(=O)CN(Cc4ccccc4)C3=O)ccc2C(=O)C(C)(C)C)c(C(C)(C)CC)c1. The molecule has 54 heavy (non-hydrogen) atoms. The molecule has 0 spiro atoms. The van der Waals surface area contributed by atoms with Crippen LogP contribution in [0.5, 0.6) is 5.75 Å². The lowest BCUT2D eigenvalue weighted by Gasteiger charge is -2.30. The predicted octanol–water partition coefficient (Wildman–Crippen LogP) is 9.06. The minimum atomic E-state index is -1.63. The monoisotopic (exact) mass is 758 g/mol. The van der Waals surface area contributed by atoms with Crippen LogP contribution in [0.4, 0.5) is 16.2 Å². The second-order valence-electron chi connectivity index (χ2n) is 16.2. The van der Waals surface area contributed by atoms with Gasteiger partial charge < -0.3 is 20.3 Å². The van der Waals surface area contributed by atoms with Crippen LogP contribution in [-0.4, -0.2) is 58.0 Å². The second kappa shape index (κ2) is 17.2. The van der Waals surface area contributed by atoms with Crippen LogP contribution in [0.2, 0.25) is 0 Å². The van der Waals surface area contributed by atoms with E-state index in [2.05, 4.69) is 64.3 Å². The number of ketones is 1. The fraction of sp³-hybridized carbons (Fsp3) is 0.465.